The van der Waals surface area contributed by atoms with Crippen LogP contribution >= 0.6 is 0 Å². The predicted molar refractivity (Wildman–Crippen MR) is 96.7 cm³/mol. The molecule has 5 nitrogen and oxygen atoms in total. The van der Waals surface area contributed by atoms with Crippen molar-refractivity contribution in [1.29, 1.82) is 0 Å². The first-order valence-corrected chi connectivity index (χ1v) is 7.83. The van der Waals surface area contributed by atoms with Crippen LogP contribution in [-0.4, -0.2) is 24.7 Å². The highest BCUT2D eigenvalue weighted by Gasteiger charge is 1.99. The Balaban J connectivity index is 1.92. The zero-order chi connectivity index (χ0) is 18.1. The van der Waals surface area contributed by atoms with Crippen LogP contribution in [0, 0.1) is 5.82 Å². The van der Waals surface area contributed by atoms with Crippen LogP contribution in [0.15, 0.2) is 65.3 Å². The SMILES string of the molecule is COc1ccc(CNC(=CC(N)=NCc2ccc(F)cc2)CO)cc1. The zero-order valence-electron chi connectivity index (χ0n) is 14.1. The smallest absolute Gasteiger partial charge is 0.123 e. The van der Waals surface area contributed by atoms with Gasteiger partial charge in [0.1, 0.15) is 17.4 Å². The third kappa shape index (κ3) is 6.27. The molecule has 2 aromatic rings. The number of aliphatic hydroxyl groups is 1. The molecule has 0 unspecified atom stereocenters. The van der Waals surface area contributed by atoms with Gasteiger partial charge in [0.25, 0.3) is 0 Å². The number of benzene rings is 2. The van der Waals surface area contributed by atoms with E-state index in [2.05, 4.69) is 10.3 Å². The summed E-state index contributed by atoms with van der Waals surface area (Å²) in [7, 11) is 1.62. The summed E-state index contributed by atoms with van der Waals surface area (Å²) < 4.78 is 18.0. The van der Waals surface area contributed by atoms with Crippen molar-refractivity contribution in [1.82, 2.24) is 5.32 Å². The van der Waals surface area contributed by atoms with Crippen LogP contribution in [0.3, 0.4) is 0 Å². The summed E-state index contributed by atoms with van der Waals surface area (Å²) in [4.78, 5) is 4.22. The summed E-state index contributed by atoms with van der Waals surface area (Å²) in [5, 5.41) is 12.6. The van der Waals surface area contributed by atoms with Crippen molar-refractivity contribution >= 4 is 5.84 Å². The summed E-state index contributed by atoms with van der Waals surface area (Å²) in [6.07, 6.45) is 1.59. The molecule has 6 heteroatoms. The fraction of sp³-hybridized carbons (Fsp3) is 0.211. The summed E-state index contributed by atoms with van der Waals surface area (Å²) in [6.45, 7) is 0.713. The molecule has 0 aliphatic heterocycles. The van der Waals surface area contributed by atoms with Crippen molar-refractivity contribution < 1.29 is 14.2 Å². The van der Waals surface area contributed by atoms with E-state index in [4.69, 9.17) is 10.5 Å². The minimum Gasteiger partial charge on any atom is -0.497 e. The third-order valence-electron chi connectivity index (χ3n) is 3.53. The van der Waals surface area contributed by atoms with Crippen molar-refractivity contribution in [2.45, 2.75) is 13.1 Å². The van der Waals surface area contributed by atoms with E-state index in [1.54, 1.807) is 25.3 Å². The summed E-state index contributed by atoms with van der Waals surface area (Å²) in [5.74, 6) is 0.792. The average molecular weight is 343 g/mol. The second-order valence-corrected chi connectivity index (χ2v) is 5.40. The number of nitrogens with two attached hydrogens (primary N) is 1. The van der Waals surface area contributed by atoms with Gasteiger partial charge < -0.3 is 20.9 Å². The third-order valence-corrected chi connectivity index (χ3v) is 3.53. The van der Waals surface area contributed by atoms with Crippen LogP contribution in [-0.2, 0) is 13.1 Å². The van der Waals surface area contributed by atoms with E-state index in [-0.39, 0.29) is 18.3 Å². The number of aliphatic imine (C=N–C) groups is 1. The highest BCUT2D eigenvalue weighted by Crippen LogP contribution is 2.11. The molecular weight excluding hydrogens is 321 g/mol. The number of rotatable bonds is 8. The van der Waals surface area contributed by atoms with E-state index in [1.165, 1.54) is 12.1 Å². The molecule has 132 valence electrons. The highest BCUT2D eigenvalue weighted by molar-refractivity contribution is 5.91. The molecule has 0 heterocycles. The molecule has 0 amide bonds. The number of hydrogen-bond donors (Lipinski definition) is 3. The Morgan fingerprint density at radius 3 is 2.40 bits per heavy atom. The van der Waals surface area contributed by atoms with Gasteiger partial charge in [-0.15, -0.1) is 0 Å². The van der Waals surface area contributed by atoms with Gasteiger partial charge in [-0.3, -0.25) is 4.99 Å². The van der Waals surface area contributed by atoms with Gasteiger partial charge in [-0.05, 0) is 35.4 Å². The van der Waals surface area contributed by atoms with Gasteiger partial charge in [0.2, 0.25) is 0 Å². The zero-order valence-corrected chi connectivity index (χ0v) is 14.1. The second-order valence-electron chi connectivity index (χ2n) is 5.40. The van der Waals surface area contributed by atoms with E-state index >= 15 is 0 Å². The Labute approximate surface area is 146 Å². The fourth-order valence-corrected chi connectivity index (χ4v) is 2.11. The van der Waals surface area contributed by atoms with Crippen LogP contribution in [0.25, 0.3) is 0 Å². The molecule has 0 aliphatic carbocycles. The molecule has 25 heavy (non-hydrogen) atoms. The molecule has 0 atom stereocenters. The first-order chi connectivity index (χ1) is 12.1. The van der Waals surface area contributed by atoms with Crippen LogP contribution in [0.4, 0.5) is 4.39 Å². The molecule has 0 spiro atoms. The van der Waals surface area contributed by atoms with Gasteiger partial charge in [-0.2, -0.15) is 0 Å². The molecule has 0 aliphatic rings. The van der Waals surface area contributed by atoms with Gasteiger partial charge in [0, 0.05) is 18.3 Å². The molecule has 0 aromatic heterocycles. The van der Waals surface area contributed by atoms with Gasteiger partial charge >= 0.3 is 0 Å². The lowest BCUT2D eigenvalue weighted by molar-refractivity contribution is 0.321. The monoisotopic (exact) mass is 343 g/mol. The van der Waals surface area contributed by atoms with Gasteiger partial charge in [-0.1, -0.05) is 24.3 Å². The van der Waals surface area contributed by atoms with Crippen LogP contribution in [0.5, 0.6) is 5.75 Å². The maximum Gasteiger partial charge on any atom is 0.123 e. The molecule has 4 N–H and O–H groups in total. The normalized spacial score (nSPS) is 12.1. The average Bonchev–Trinajstić information content (AvgIpc) is 2.65. The molecule has 0 bridgehead atoms. The maximum absolute atomic E-state index is 12.9. The topological polar surface area (TPSA) is 79.9 Å². The molecular formula is C19H22FN3O2. The molecule has 0 saturated carbocycles. The highest BCUT2D eigenvalue weighted by atomic mass is 19.1. The maximum atomic E-state index is 12.9. The Kier molecular flexibility index (Phi) is 6.98. The largest absolute Gasteiger partial charge is 0.497 e. The molecule has 0 radical (unpaired) electrons. The number of aliphatic hydroxyl groups excluding tert-OH is 1. The van der Waals surface area contributed by atoms with Crippen molar-refractivity contribution in [3.63, 3.8) is 0 Å². The van der Waals surface area contributed by atoms with Crippen LogP contribution in [0.1, 0.15) is 11.1 Å². The molecule has 2 aromatic carbocycles. The quantitative estimate of drug-likeness (QED) is 0.508. The van der Waals surface area contributed by atoms with E-state index < -0.39 is 0 Å². The number of nitrogens with one attached hydrogen (secondary N) is 1. The summed E-state index contributed by atoms with van der Waals surface area (Å²) in [5.41, 5.74) is 8.33. The summed E-state index contributed by atoms with van der Waals surface area (Å²) >= 11 is 0. The van der Waals surface area contributed by atoms with E-state index in [0.717, 1.165) is 16.9 Å². The Hall–Kier alpha value is -2.86. The number of nitrogens with zero attached hydrogens (tertiary/aromatic N) is 1. The Bertz CT molecular complexity index is 725. The van der Waals surface area contributed by atoms with Crippen molar-refractivity contribution in [3.8, 4) is 5.75 Å². The first kappa shape index (κ1) is 18.5. The number of ether oxygens (including phenoxy) is 1. The van der Waals surface area contributed by atoms with Crippen LogP contribution in [0.2, 0.25) is 0 Å². The summed E-state index contributed by atoms with van der Waals surface area (Å²) in [6, 6.07) is 13.7. The molecule has 0 fully saturated rings. The lowest BCUT2D eigenvalue weighted by Gasteiger charge is -2.09. The fourth-order valence-electron chi connectivity index (χ4n) is 2.11. The molecule has 2 rings (SSSR count). The second kappa shape index (κ2) is 9.44. The number of amidine groups is 1. The number of hydrogen-bond acceptors (Lipinski definition) is 4. The van der Waals surface area contributed by atoms with Crippen molar-refractivity contribution in [2.24, 2.45) is 10.7 Å². The number of methoxy groups -OCH3 is 1. The van der Waals surface area contributed by atoms with Gasteiger partial charge in [0.15, 0.2) is 0 Å². The molecule has 0 saturated heterocycles. The minimum atomic E-state index is -0.286. The first-order valence-electron chi connectivity index (χ1n) is 7.83. The lowest BCUT2D eigenvalue weighted by Crippen LogP contribution is -2.19. The van der Waals surface area contributed by atoms with E-state index in [1.807, 2.05) is 24.3 Å². The van der Waals surface area contributed by atoms with E-state index in [0.29, 0.717) is 18.8 Å². The van der Waals surface area contributed by atoms with E-state index in [9.17, 15) is 9.50 Å². The minimum absolute atomic E-state index is 0.178. The Morgan fingerprint density at radius 1 is 1.16 bits per heavy atom. The predicted octanol–water partition coefficient (Wildman–Crippen LogP) is 2.36. The van der Waals surface area contributed by atoms with Crippen molar-refractivity contribution in [3.05, 3.63) is 77.2 Å². The van der Waals surface area contributed by atoms with Gasteiger partial charge in [0.05, 0.1) is 20.3 Å². The number of halogens is 1. The Morgan fingerprint density at radius 2 is 1.80 bits per heavy atom. The van der Waals surface area contributed by atoms with Crippen LogP contribution < -0.4 is 15.8 Å². The lowest BCUT2D eigenvalue weighted by atomic mass is 10.2. The van der Waals surface area contributed by atoms with Crippen molar-refractivity contribution in [2.75, 3.05) is 13.7 Å². The van der Waals surface area contributed by atoms with Gasteiger partial charge in [-0.25, -0.2) is 4.39 Å². The standard InChI is InChI=1S/C19H22FN3O2/c1-25-18-8-4-15(5-9-18)11-22-17(13-24)10-19(21)23-12-14-2-6-16(20)7-3-14/h2-10,22,24H,11-13H2,1H3,(H2,21,23).